The highest BCUT2D eigenvalue weighted by Crippen LogP contribution is 2.49. The Bertz CT molecular complexity index is 718. The van der Waals surface area contributed by atoms with Gasteiger partial charge in [0.2, 0.25) is 0 Å². The minimum atomic E-state index is -4.47. The fraction of sp³-hybridized carbons (Fsp3) is 0.294. The van der Waals surface area contributed by atoms with Crippen molar-refractivity contribution in [2.75, 3.05) is 0 Å². The van der Waals surface area contributed by atoms with Gasteiger partial charge in [-0.15, -0.1) is 0 Å². The minimum absolute atomic E-state index is 0.446. The number of aryl methyl sites for hydroxylation is 1. The van der Waals surface area contributed by atoms with Crippen LogP contribution in [0.15, 0.2) is 58.1 Å². The minimum Gasteiger partial charge on any atom is -0.366 e. The van der Waals surface area contributed by atoms with Gasteiger partial charge in [0.25, 0.3) is 0 Å². The highest BCUT2D eigenvalue weighted by atomic mass is 32.2. The largest absolute Gasteiger partial charge is 0.412 e. The van der Waals surface area contributed by atoms with Crippen molar-refractivity contribution in [3.8, 4) is 0 Å². The van der Waals surface area contributed by atoms with Crippen LogP contribution in [0.1, 0.15) is 24.5 Å². The lowest BCUT2D eigenvalue weighted by atomic mass is 9.92. The molecule has 0 aromatic heterocycles. The van der Waals surface area contributed by atoms with Gasteiger partial charge in [0.05, 0.1) is 5.03 Å². The van der Waals surface area contributed by atoms with Gasteiger partial charge in [-0.25, -0.2) is 0 Å². The van der Waals surface area contributed by atoms with Crippen LogP contribution in [-0.4, -0.2) is 16.2 Å². The van der Waals surface area contributed by atoms with Crippen LogP contribution in [0.3, 0.4) is 0 Å². The van der Waals surface area contributed by atoms with Crippen molar-refractivity contribution in [1.29, 1.82) is 0 Å². The van der Waals surface area contributed by atoms with E-state index in [1.807, 2.05) is 12.3 Å². The van der Waals surface area contributed by atoms with Gasteiger partial charge < -0.3 is 10.0 Å². The smallest absolute Gasteiger partial charge is 0.366 e. The summed E-state index contributed by atoms with van der Waals surface area (Å²) in [6, 6.07) is 6.95. The Kier molecular flexibility index (Phi) is 3.84. The number of alkyl halides is 3. The van der Waals surface area contributed by atoms with Crippen LogP contribution in [0.2, 0.25) is 0 Å². The standard InChI is InChI=1S/C17H16F3NOS/c1-11-3-5-13(6-4-11)16(22)9-14(17(18,19)20)7-8-15-21(16)12(2)10-23-15/h3-8,10,22H,9H2,1-2H3. The molecule has 2 nitrogen and oxygen atoms in total. The number of nitrogens with zero attached hydrogens (tertiary/aromatic N) is 1. The van der Waals surface area contributed by atoms with E-state index in [0.29, 0.717) is 10.6 Å². The normalized spacial score (nSPS) is 24.6. The molecular weight excluding hydrogens is 323 g/mol. The molecule has 0 aliphatic carbocycles. The Labute approximate surface area is 137 Å². The molecule has 122 valence electrons. The van der Waals surface area contributed by atoms with Crippen molar-refractivity contribution in [3.05, 3.63) is 69.3 Å². The summed E-state index contributed by atoms with van der Waals surface area (Å²) < 4.78 is 39.8. The molecule has 0 saturated carbocycles. The maximum Gasteiger partial charge on any atom is 0.412 e. The number of fused-ring (bicyclic) bond motifs is 1. The number of hydrogen-bond acceptors (Lipinski definition) is 3. The molecule has 23 heavy (non-hydrogen) atoms. The molecule has 1 atom stereocenters. The summed E-state index contributed by atoms with van der Waals surface area (Å²) in [5, 5.41) is 13.7. The van der Waals surface area contributed by atoms with E-state index in [0.717, 1.165) is 17.3 Å². The van der Waals surface area contributed by atoms with Crippen LogP contribution in [0.25, 0.3) is 0 Å². The summed E-state index contributed by atoms with van der Waals surface area (Å²) in [7, 11) is 0. The summed E-state index contributed by atoms with van der Waals surface area (Å²) in [6.45, 7) is 3.68. The highest BCUT2D eigenvalue weighted by molar-refractivity contribution is 8.06. The Hall–Kier alpha value is -1.66. The Morgan fingerprint density at radius 1 is 1.13 bits per heavy atom. The van der Waals surface area contributed by atoms with E-state index in [1.54, 1.807) is 36.1 Å². The van der Waals surface area contributed by atoms with Crippen LogP contribution < -0.4 is 0 Å². The Morgan fingerprint density at radius 2 is 1.78 bits per heavy atom. The second kappa shape index (κ2) is 5.46. The number of hydrogen-bond donors (Lipinski definition) is 1. The van der Waals surface area contributed by atoms with Gasteiger partial charge in [0, 0.05) is 23.3 Å². The van der Waals surface area contributed by atoms with Gasteiger partial charge in [-0.3, -0.25) is 0 Å². The molecular formula is C17H16F3NOS. The van der Waals surface area contributed by atoms with Gasteiger partial charge in [0.1, 0.15) is 0 Å². The average molecular weight is 339 g/mol. The predicted molar refractivity (Wildman–Crippen MR) is 85.1 cm³/mol. The molecule has 3 rings (SSSR count). The first kappa shape index (κ1) is 16.2. The highest BCUT2D eigenvalue weighted by Gasteiger charge is 2.47. The number of halogens is 3. The fourth-order valence-electron chi connectivity index (χ4n) is 2.83. The quantitative estimate of drug-likeness (QED) is 0.796. The van der Waals surface area contributed by atoms with Gasteiger partial charge in [-0.1, -0.05) is 47.7 Å². The summed E-state index contributed by atoms with van der Waals surface area (Å²) >= 11 is 1.31. The van der Waals surface area contributed by atoms with Crippen LogP contribution in [0, 0.1) is 6.92 Å². The molecule has 1 unspecified atom stereocenters. The molecule has 2 heterocycles. The maximum atomic E-state index is 13.3. The summed E-state index contributed by atoms with van der Waals surface area (Å²) in [5.74, 6) is 0. The zero-order valence-electron chi connectivity index (χ0n) is 12.7. The van der Waals surface area contributed by atoms with Crippen molar-refractivity contribution in [3.63, 3.8) is 0 Å². The molecule has 0 saturated heterocycles. The molecule has 0 fully saturated rings. The first-order chi connectivity index (χ1) is 10.7. The van der Waals surface area contributed by atoms with Gasteiger partial charge in [-0.2, -0.15) is 13.2 Å². The summed E-state index contributed by atoms with van der Waals surface area (Å²) in [5.41, 5.74) is -0.351. The Balaban J connectivity index is 2.14. The van der Waals surface area contributed by atoms with Crippen molar-refractivity contribution >= 4 is 11.8 Å². The number of benzene rings is 1. The van der Waals surface area contributed by atoms with E-state index >= 15 is 0 Å². The lowest BCUT2D eigenvalue weighted by Crippen LogP contribution is -2.43. The number of aliphatic hydroxyl groups is 1. The van der Waals surface area contributed by atoms with Gasteiger partial charge in [-0.05, 0) is 25.3 Å². The van der Waals surface area contributed by atoms with Crippen LogP contribution in [0.4, 0.5) is 13.2 Å². The molecule has 0 radical (unpaired) electrons. The first-order valence-electron chi connectivity index (χ1n) is 7.13. The summed E-state index contributed by atoms with van der Waals surface area (Å²) in [6.07, 6.45) is -2.51. The van der Waals surface area contributed by atoms with E-state index in [9.17, 15) is 18.3 Å². The first-order valence-corrected chi connectivity index (χ1v) is 8.01. The fourth-order valence-corrected chi connectivity index (χ4v) is 3.78. The topological polar surface area (TPSA) is 23.5 Å². The SMILES string of the molecule is CC1=CSC2=CC=C(C(F)(F)F)CC(O)(c3ccc(C)cc3)N12. The second-order valence-corrected chi connectivity index (χ2v) is 6.66. The van der Waals surface area contributed by atoms with Crippen LogP contribution >= 0.6 is 11.8 Å². The zero-order chi connectivity index (χ0) is 16.8. The molecule has 1 N–H and O–H groups in total. The molecule has 1 aromatic rings. The van der Waals surface area contributed by atoms with E-state index in [-0.39, 0.29) is 0 Å². The van der Waals surface area contributed by atoms with E-state index in [4.69, 9.17) is 0 Å². The second-order valence-electron chi connectivity index (χ2n) is 5.77. The third-order valence-corrected chi connectivity index (χ3v) is 5.05. The van der Waals surface area contributed by atoms with Gasteiger partial charge in [0.15, 0.2) is 5.72 Å². The monoisotopic (exact) mass is 339 g/mol. The predicted octanol–water partition coefficient (Wildman–Crippen LogP) is 4.78. The molecule has 0 spiro atoms. The maximum absolute atomic E-state index is 13.3. The van der Waals surface area contributed by atoms with Crippen molar-refractivity contribution in [2.45, 2.75) is 32.2 Å². The molecule has 0 bridgehead atoms. The lowest BCUT2D eigenvalue weighted by Gasteiger charge is -2.40. The zero-order valence-corrected chi connectivity index (χ0v) is 13.5. The molecule has 2 aliphatic heterocycles. The van der Waals surface area contributed by atoms with E-state index in [2.05, 4.69) is 0 Å². The van der Waals surface area contributed by atoms with Crippen LogP contribution in [-0.2, 0) is 5.72 Å². The van der Waals surface area contributed by atoms with Crippen molar-refractivity contribution < 1.29 is 18.3 Å². The number of allylic oxidation sites excluding steroid dienone is 3. The summed E-state index contributed by atoms with van der Waals surface area (Å²) in [4.78, 5) is 1.58. The van der Waals surface area contributed by atoms with E-state index in [1.165, 1.54) is 17.8 Å². The number of rotatable bonds is 1. The lowest BCUT2D eigenvalue weighted by molar-refractivity contribution is -0.120. The molecule has 1 aromatic carbocycles. The van der Waals surface area contributed by atoms with Crippen LogP contribution in [0.5, 0.6) is 0 Å². The number of thioether (sulfide) groups is 1. The molecule has 0 amide bonds. The third-order valence-electron chi connectivity index (χ3n) is 4.04. The van der Waals surface area contributed by atoms with Crippen molar-refractivity contribution in [1.82, 2.24) is 4.90 Å². The average Bonchev–Trinajstić information content (AvgIpc) is 2.75. The Morgan fingerprint density at radius 3 is 2.39 bits per heavy atom. The molecule has 2 aliphatic rings. The molecule has 6 heteroatoms. The van der Waals surface area contributed by atoms with Gasteiger partial charge >= 0.3 is 6.18 Å². The van der Waals surface area contributed by atoms with Crippen molar-refractivity contribution in [2.24, 2.45) is 0 Å². The third kappa shape index (κ3) is 2.81. The van der Waals surface area contributed by atoms with E-state index < -0.39 is 23.9 Å².